The van der Waals surface area contributed by atoms with Gasteiger partial charge in [-0.2, -0.15) is 0 Å². The van der Waals surface area contributed by atoms with Crippen LogP contribution in [0.25, 0.3) is 0 Å². The monoisotopic (exact) mass is 300 g/mol. The van der Waals surface area contributed by atoms with E-state index in [1.165, 1.54) is 12.1 Å². The Morgan fingerprint density at radius 2 is 1.95 bits per heavy atom. The zero-order valence-corrected chi connectivity index (χ0v) is 12.4. The van der Waals surface area contributed by atoms with E-state index >= 15 is 0 Å². The van der Waals surface area contributed by atoms with Crippen LogP contribution >= 0.6 is 0 Å². The molecule has 0 aliphatic heterocycles. The number of nitrogens with one attached hydrogen (secondary N) is 1. The van der Waals surface area contributed by atoms with Gasteiger partial charge in [0.2, 0.25) is 10.0 Å². The number of hydrogen-bond donors (Lipinski definition) is 2. The first-order chi connectivity index (χ1) is 9.44. The van der Waals surface area contributed by atoms with Crippen molar-refractivity contribution in [2.45, 2.75) is 50.0 Å². The van der Waals surface area contributed by atoms with Gasteiger partial charge in [-0.15, -0.1) is 0 Å². The standard InChI is InChI=1S/C14H21FN2O2S/c1-2-10-6-8-11(9-7-10)17-20(18,19)14-12(15)4-3-5-13(14)16/h3-5,10-11,17H,2,6-9,16H2,1H3. The van der Waals surface area contributed by atoms with Crippen molar-refractivity contribution in [2.75, 3.05) is 5.73 Å². The van der Waals surface area contributed by atoms with Gasteiger partial charge in [-0.3, -0.25) is 0 Å². The second-order valence-electron chi connectivity index (χ2n) is 5.41. The molecule has 20 heavy (non-hydrogen) atoms. The maximum atomic E-state index is 13.7. The second-order valence-corrected chi connectivity index (χ2v) is 7.06. The minimum absolute atomic E-state index is 0.0558. The van der Waals surface area contributed by atoms with Crippen molar-refractivity contribution in [1.82, 2.24) is 4.72 Å². The molecule has 0 saturated heterocycles. The first-order valence-corrected chi connectivity index (χ1v) is 8.48. The average molecular weight is 300 g/mol. The highest BCUT2D eigenvalue weighted by molar-refractivity contribution is 7.89. The largest absolute Gasteiger partial charge is 0.398 e. The first kappa shape index (κ1) is 15.3. The molecule has 3 N–H and O–H groups in total. The first-order valence-electron chi connectivity index (χ1n) is 7.00. The normalized spacial score (nSPS) is 23.7. The Morgan fingerprint density at radius 3 is 2.50 bits per heavy atom. The zero-order valence-electron chi connectivity index (χ0n) is 11.6. The molecule has 1 aliphatic rings. The summed E-state index contributed by atoms with van der Waals surface area (Å²) in [7, 11) is -3.90. The molecule has 0 spiro atoms. The van der Waals surface area contributed by atoms with E-state index in [0.29, 0.717) is 5.92 Å². The highest BCUT2D eigenvalue weighted by Gasteiger charge is 2.28. The highest BCUT2D eigenvalue weighted by Crippen LogP contribution is 2.28. The minimum atomic E-state index is -3.90. The third kappa shape index (κ3) is 3.30. The Morgan fingerprint density at radius 1 is 1.30 bits per heavy atom. The number of hydrogen-bond acceptors (Lipinski definition) is 3. The molecule has 1 fully saturated rings. The van der Waals surface area contributed by atoms with Gasteiger partial charge in [0.15, 0.2) is 0 Å². The molecule has 0 radical (unpaired) electrons. The van der Waals surface area contributed by atoms with Gasteiger partial charge in [0.25, 0.3) is 0 Å². The molecule has 4 nitrogen and oxygen atoms in total. The number of sulfonamides is 1. The van der Waals surface area contributed by atoms with Crippen LogP contribution in [0.1, 0.15) is 39.0 Å². The average Bonchev–Trinajstić information content (AvgIpc) is 2.38. The van der Waals surface area contributed by atoms with Crippen LogP contribution < -0.4 is 10.5 Å². The summed E-state index contributed by atoms with van der Waals surface area (Å²) in [5.41, 5.74) is 5.54. The lowest BCUT2D eigenvalue weighted by atomic mass is 9.85. The molecule has 112 valence electrons. The smallest absolute Gasteiger partial charge is 0.245 e. The van der Waals surface area contributed by atoms with Gasteiger partial charge in [-0.1, -0.05) is 19.4 Å². The maximum absolute atomic E-state index is 13.7. The zero-order chi connectivity index (χ0) is 14.8. The topological polar surface area (TPSA) is 72.2 Å². The number of nitrogen functional groups attached to an aromatic ring is 1. The quantitative estimate of drug-likeness (QED) is 0.840. The fraction of sp³-hybridized carbons (Fsp3) is 0.571. The van der Waals surface area contributed by atoms with Crippen LogP contribution in [0.5, 0.6) is 0 Å². The van der Waals surface area contributed by atoms with Crippen LogP contribution in [0, 0.1) is 11.7 Å². The van der Waals surface area contributed by atoms with Crippen molar-refractivity contribution in [1.29, 1.82) is 0 Å². The van der Waals surface area contributed by atoms with Crippen molar-refractivity contribution in [2.24, 2.45) is 5.92 Å². The predicted molar refractivity (Wildman–Crippen MR) is 77.2 cm³/mol. The van der Waals surface area contributed by atoms with Gasteiger partial charge in [0.1, 0.15) is 10.7 Å². The van der Waals surface area contributed by atoms with Crippen molar-refractivity contribution in [3.8, 4) is 0 Å². The molecule has 1 aliphatic carbocycles. The summed E-state index contributed by atoms with van der Waals surface area (Å²) in [6.07, 6.45) is 4.74. The Bertz CT molecular complexity index is 546. The summed E-state index contributed by atoms with van der Waals surface area (Å²) in [6, 6.07) is 3.78. The van der Waals surface area contributed by atoms with Gasteiger partial charge >= 0.3 is 0 Å². The van der Waals surface area contributed by atoms with E-state index in [1.54, 1.807) is 0 Å². The Balaban J connectivity index is 2.12. The van der Waals surface area contributed by atoms with Crippen molar-refractivity contribution in [3.05, 3.63) is 24.0 Å². The lowest BCUT2D eigenvalue weighted by Gasteiger charge is -2.28. The predicted octanol–water partition coefficient (Wildman–Crippen LogP) is 2.66. The van der Waals surface area contributed by atoms with Gasteiger partial charge in [-0.05, 0) is 43.7 Å². The number of rotatable bonds is 4. The van der Waals surface area contributed by atoms with E-state index in [9.17, 15) is 12.8 Å². The van der Waals surface area contributed by atoms with Gasteiger partial charge in [-0.25, -0.2) is 17.5 Å². The molecular weight excluding hydrogens is 279 g/mol. The molecule has 6 heteroatoms. The number of nitrogens with two attached hydrogens (primary N) is 1. The van der Waals surface area contributed by atoms with Crippen LogP contribution in [0.15, 0.2) is 23.1 Å². The molecule has 1 aromatic carbocycles. The van der Waals surface area contributed by atoms with Gasteiger partial charge in [0.05, 0.1) is 5.69 Å². The third-order valence-electron chi connectivity index (χ3n) is 4.01. The number of benzene rings is 1. The molecule has 0 bridgehead atoms. The molecule has 0 heterocycles. The van der Waals surface area contributed by atoms with E-state index < -0.39 is 20.7 Å². The Hall–Kier alpha value is -1.14. The SMILES string of the molecule is CCC1CCC(NS(=O)(=O)c2c(N)cccc2F)CC1. The summed E-state index contributed by atoms with van der Waals surface area (Å²) in [5.74, 6) is -0.131. The molecule has 0 aromatic heterocycles. The molecule has 1 aromatic rings. The highest BCUT2D eigenvalue weighted by atomic mass is 32.2. The van der Waals surface area contributed by atoms with Crippen molar-refractivity contribution in [3.63, 3.8) is 0 Å². The fourth-order valence-electron chi connectivity index (χ4n) is 2.78. The van der Waals surface area contributed by atoms with E-state index in [2.05, 4.69) is 11.6 Å². The molecule has 1 saturated carbocycles. The lowest BCUT2D eigenvalue weighted by Crippen LogP contribution is -2.38. The fourth-order valence-corrected chi connectivity index (χ4v) is 4.27. The summed E-state index contributed by atoms with van der Waals surface area (Å²) < 4.78 is 40.8. The summed E-state index contributed by atoms with van der Waals surface area (Å²) in [6.45, 7) is 2.15. The summed E-state index contributed by atoms with van der Waals surface area (Å²) in [4.78, 5) is -0.433. The Labute approximate surface area is 119 Å². The van der Waals surface area contributed by atoms with Crippen LogP contribution in [-0.2, 0) is 10.0 Å². The van der Waals surface area contributed by atoms with Gasteiger partial charge < -0.3 is 5.73 Å². The maximum Gasteiger partial charge on any atom is 0.245 e. The van der Waals surface area contributed by atoms with Crippen molar-refractivity contribution < 1.29 is 12.8 Å². The van der Waals surface area contributed by atoms with E-state index in [-0.39, 0.29) is 11.7 Å². The van der Waals surface area contributed by atoms with E-state index in [4.69, 9.17) is 5.73 Å². The lowest BCUT2D eigenvalue weighted by molar-refractivity contribution is 0.306. The van der Waals surface area contributed by atoms with E-state index in [1.807, 2.05) is 0 Å². The summed E-state index contributed by atoms with van der Waals surface area (Å²) in [5, 5.41) is 0. The van der Waals surface area contributed by atoms with Crippen LogP contribution in [-0.4, -0.2) is 14.5 Å². The Kier molecular flexibility index (Phi) is 4.65. The minimum Gasteiger partial charge on any atom is -0.398 e. The van der Waals surface area contributed by atoms with Crippen LogP contribution in [0.4, 0.5) is 10.1 Å². The van der Waals surface area contributed by atoms with Gasteiger partial charge in [0, 0.05) is 6.04 Å². The molecule has 2 rings (SSSR count). The third-order valence-corrected chi connectivity index (χ3v) is 5.62. The molecule has 0 unspecified atom stereocenters. The number of halogens is 1. The van der Waals surface area contributed by atoms with E-state index in [0.717, 1.165) is 38.2 Å². The molecule has 0 amide bonds. The van der Waals surface area contributed by atoms with Crippen LogP contribution in [0.3, 0.4) is 0 Å². The van der Waals surface area contributed by atoms with Crippen LogP contribution in [0.2, 0.25) is 0 Å². The molecule has 0 atom stereocenters. The number of anilines is 1. The molecular formula is C14H21FN2O2S. The second kappa shape index (κ2) is 6.10. The summed E-state index contributed by atoms with van der Waals surface area (Å²) >= 11 is 0. The van der Waals surface area contributed by atoms with Crippen molar-refractivity contribution >= 4 is 15.7 Å².